The highest BCUT2D eigenvalue weighted by Gasteiger charge is 2.36. The molecule has 1 aromatic carbocycles. The number of nitrogens with zero attached hydrogens (tertiary/aromatic N) is 2. The molecule has 0 radical (unpaired) electrons. The van der Waals surface area contributed by atoms with Crippen molar-refractivity contribution in [2.75, 3.05) is 18.4 Å². The predicted octanol–water partition coefficient (Wildman–Crippen LogP) is 2.95. The Labute approximate surface area is 159 Å². The second-order valence-electron chi connectivity index (χ2n) is 7.09. The van der Waals surface area contributed by atoms with E-state index in [2.05, 4.69) is 10.5 Å². The van der Waals surface area contributed by atoms with E-state index in [0.29, 0.717) is 25.1 Å². The van der Waals surface area contributed by atoms with E-state index < -0.39 is 15.9 Å². The first-order valence-corrected chi connectivity index (χ1v) is 10.5. The number of anilines is 1. The van der Waals surface area contributed by atoms with Crippen LogP contribution in [-0.2, 0) is 14.8 Å². The Morgan fingerprint density at radius 2 is 2.00 bits per heavy atom. The van der Waals surface area contributed by atoms with Gasteiger partial charge >= 0.3 is 0 Å². The Kier molecular flexibility index (Phi) is 5.39. The molecule has 27 heavy (non-hydrogen) atoms. The summed E-state index contributed by atoms with van der Waals surface area (Å²) in [6.45, 7) is 7.69. The molecule has 1 N–H and O–H groups in total. The summed E-state index contributed by atoms with van der Waals surface area (Å²) in [5.74, 6) is -0.272. The number of aromatic nitrogens is 1. The molecular weight excluding hydrogens is 366 g/mol. The van der Waals surface area contributed by atoms with Crippen LogP contribution in [0.3, 0.4) is 0 Å². The highest BCUT2D eigenvalue weighted by molar-refractivity contribution is 7.89. The topological polar surface area (TPSA) is 92.5 Å². The van der Waals surface area contributed by atoms with E-state index in [1.165, 1.54) is 4.31 Å². The van der Waals surface area contributed by atoms with Crippen molar-refractivity contribution >= 4 is 21.6 Å². The molecule has 1 fully saturated rings. The van der Waals surface area contributed by atoms with Crippen molar-refractivity contribution in [1.82, 2.24) is 9.46 Å². The van der Waals surface area contributed by atoms with Crippen molar-refractivity contribution in [3.63, 3.8) is 0 Å². The number of hydrogen-bond donors (Lipinski definition) is 1. The van der Waals surface area contributed by atoms with Crippen LogP contribution in [0.5, 0.6) is 0 Å². The molecule has 7 nitrogen and oxygen atoms in total. The van der Waals surface area contributed by atoms with E-state index in [1.807, 2.05) is 32.0 Å². The molecule has 1 aliphatic heterocycles. The van der Waals surface area contributed by atoms with Gasteiger partial charge < -0.3 is 9.84 Å². The number of nitrogens with one attached hydrogen (secondary N) is 1. The maximum Gasteiger partial charge on any atom is 0.248 e. The lowest BCUT2D eigenvalue weighted by molar-refractivity contribution is -0.120. The number of benzene rings is 1. The van der Waals surface area contributed by atoms with Crippen LogP contribution in [0.4, 0.5) is 5.69 Å². The van der Waals surface area contributed by atoms with E-state index in [4.69, 9.17) is 4.52 Å². The standard InChI is InChI=1S/C19H25N3O4S/c1-12-7-5-9-17(13(12)2)20-19(23)16-8-6-10-22(11-16)27(24,25)18-14(3)21-26-15(18)4/h5,7,9,16H,6,8,10-11H2,1-4H3,(H,20,23). The number of piperidine rings is 1. The van der Waals surface area contributed by atoms with Crippen LogP contribution >= 0.6 is 0 Å². The number of rotatable bonds is 4. The zero-order valence-corrected chi connectivity index (χ0v) is 16.9. The minimum atomic E-state index is -3.74. The summed E-state index contributed by atoms with van der Waals surface area (Å²) in [7, 11) is -3.74. The first-order chi connectivity index (χ1) is 12.7. The molecule has 0 bridgehead atoms. The summed E-state index contributed by atoms with van der Waals surface area (Å²) in [5.41, 5.74) is 3.22. The number of sulfonamides is 1. The lowest BCUT2D eigenvalue weighted by Gasteiger charge is -2.31. The monoisotopic (exact) mass is 391 g/mol. The van der Waals surface area contributed by atoms with Crippen molar-refractivity contribution < 1.29 is 17.7 Å². The number of amides is 1. The van der Waals surface area contributed by atoms with Gasteiger partial charge in [0.2, 0.25) is 15.9 Å². The Balaban J connectivity index is 1.78. The summed E-state index contributed by atoms with van der Waals surface area (Å²) in [6.07, 6.45) is 1.29. The summed E-state index contributed by atoms with van der Waals surface area (Å²) < 4.78 is 32.4. The van der Waals surface area contributed by atoms with Crippen molar-refractivity contribution in [2.45, 2.75) is 45.4 Å². The third kappa shape index (κ3) is 3.77. The van der Waals surface area contributed by atoms with Crippen molar-refractivity contribution in [2.24, 2.45) is 5.92 Å². The molecule has 1 aromatic heterocycles. The van der Waals surface area contributed by atoms with Gasteiger partial charge in [-0.05, 0) is 57.7 Å². The van der Waals surface area contributed by atoms with Gasteiger partial charge in [-0.1, -0.05) is 17.3 Å². The molecule has 2 aromatic rings. The van der Waals surface area contributed by atoms with Crippen LogP contribution in [0.1, 0.15) is 35.4 Å². The molecule has 1 saturated heterocycles. The van der Waals surface area contributed by atoms with Gasteiger partial charge in [0.05, 0.1) is 5.92 Å². The lowest BCUT2D eigenvalue weighted by Crippen LogP contribution is -2.44. The van der Waals surface area contributed by atoms with E-state index in [-0.39, 0.29) is 23.1 Å². The van der Waals surface area contributed by atoms with Crippen LogP contribution in [0.25, 0.3) is 0 Å². The van der Waals surface area contributed by atoms with Gasteiger partial charge in [-0.25, -0.2) is 8.42 Å². The summed E-state index contributed by atoms with van der Waals surface area (Å²) in [4.78, 5) is 12.9. The number of carbonyl (C=O) groups excluding carboxylic acids is 1. The fraction of sp³-hybridized carbons (Fsp3) is 0.474. The minimum Gasteiger partial charge on any atom is -0.360 e. The van der Waals surface area contributed by atoms with Crippen LogP contribution in [0, 0.1) is 33.6 Å². The molecule has 8 heteroatoms. The third-order valence-corrected chi connectivity index (χ3v) is 7.29. The largest absolute Gasteiger partial charge is 0.360 e. The maximum atomic E-state index is 13.0. The highest BCUT2D eigenvalue weighted by atomic mass is 32.2. The summed E-state index contributed by atoms with van der Waals surface area (Å²) >= 11 is 0. The van der Waals surface area contributed by atoms with E-state index in [0.717, 1.165) is 16.8 Å². The van der Waals surface area contributed by atoms with Crippen LogP contribution in [0.2, 0.25) is 0 Å². The SMILES string of the molecule is Cc1cccc(NC(=O)C2CCCN(S(=O)(=O)c3c(C)noc3C)C2)c1C. The molecule has 1 amide bonds. The average Bonchev–Trinajstić information content (AvgIpc) is 2.98. The van der Waals surface area contributed by atoms with Gasteiger partial charge in [-0.3, -0.25) is 4.79 Å². The van der Waals surface area contributed by atoms with Gasteiger partial charge in [-0.2, -0.15) is 4.31 Å². The Morgan fingerprint density at radius 1 is 1.26 bits per heavy atom. The Hall–Kier alpha value is -2.19. The molecule has 0 aliphatic carbocycles. The normalized spacial score (nSPS) is 18.4. The highest BCUT2D eigenvalue weighted by Crippen LogP contribution is 2.28. The molecular formula is C19H25N3O4S. The number of aryl methyl sites for hydroxylation is 3. The minimum absolute atomic E-state index is 0.109. The van der Waals surface area contributed by atoms with Crippen LogP contribution < -0.4 is 5.32 Å². The maximum absolute atomic E-state index is 13.0. The van der Waals surface area contributed by atoms with E-state index in [1.54, 1.807) is 13.8 Å². The average molecular weight is 391 g/mol. The van der Waals surface area contributed by atoms with Gasteiger partial charge in [0.25, 0.3) is 0 Å². The Bertz CT molecular complexity index is 946. The molecule has 2 heterocycles. The molecule has 1 atom stereocenters. The van der Waals surface area contributed by atoms with Crippen LogP contribution in [-0.4, -0.2) is 36.9 Å². The number of carbonyl (C=O) groups is 1. The van der Waals surface area contributed by atoms with E-state index >= 15 is 0 Å². The molecule has 1 aliphatic rings. The van der Waals surface area contributed by atoms with Gasteiger partial charge in [-0.15, -0.1) is 0 Å². The fourth-order valence-corrected chi connectivity index (χ4v) is 5.28. The van der Waals surface area contributed by atoms with Crippen molar-refractivity contribution in [3.05, 3.63) is 40.8 Å². The Morgan fingerprint density at radius 3 is 2.67 bits per heavy atom. The zero-order valence-electron chi connectivity index (χ0n) is 16.1. The first-order valence-electron chi connectivity index (χ1n) is 9.02. The van der Waals surface area contributed by atoms with Crippen LogP contribution in [0.15, 0.2) is 27.6 Å². The lowest BCUT2D eigenvalue weighted by atomic mass is 9.98. The second kappa shape index (κ2) is 7.44. The smallest absolute Gasteiger partial charge is 0.248 e. The molecule has 0 saturated carbocycles. The summed E-state index contributed by atoms with van der Waals surface area (Å²) in [6, 6.07) is 5.75. The van der Waals surface area contributed by atoms with E-state index in [9.17, 15) is 13.2 Å². The van der Waals surface area contributed by atoms with Gasteiger partial charge in [0.15, 0.2) is 5.76 Å². The van der Waals surface area contributed by atoms with Crippen molar-refractivity contribution in [1.29, 1.82) is 0 Å². The third-order valence-electron chi connectivity index (χ3n) is 5.18. The summed E-state index contributed by atoms with van der Waals surface area (Å²) in [5, 5.41) is 6.70. The first kappa shape index (κ1) is 19.6. The molecule has 1 unspecified atom stereocenters. The van der Waals surface area contributed by atoms with Gasteiger partial charge in [0.1, 0.15) is 10.6 Å². The molecule has 146 valence electrons. The van der Waals surface area contributed by atoms with Crippen molar-refractivity contribution in [3.8, 4) is 0 Å². The van der Waals surface area contributed by atoms with Gasteiger partial charge in [0, 0.05) is 18.8 Å². The zero-order chi connectivity index (χ0) is 19.8. The fourth-order valence-electron chi connectivity index (χ4n) is 3.47. The second-order valence-corrected chi connectivity index (χ2v) is 8.97. The quantitative estimate of drug-likeness (QED) is 0.865. The molecule has 0 spiro atoms. The molecule has 3 rings (SSSR count). The number of hydrogen-bond acceptors (Lipinski definition) is 5. The predicted molar refractivity (Wildman–Crippen MR) is 102 cm³/mol.